The molecule has 0 unspecified atom stereocenters. The van der Waals surface area contributed by atoms with E-state index in [1.807, 2.05) is 54.6 Å². The van der Waals surface area contributed by atoms with Gasteiger partial charge < -0.3 is 34.6 Å². The molecule has 0 saturated carbocycles. The highest BCUT2D eigenvalue weighted by Crippen LogP contribution is 2.37. The number of nitrogens with zero attached hydrogens (tertiary/aromatic N) is 2. The van der Waals surface area contributed by atoms with Crippen molar-refractivity contribution in [3.8, 4) is 28.6 Å². The van der Waals surface area contributed by atoms with Gasteiger partial charge in [-0.2, -0.15) is 0 Å². The van der Waals surface area contributed by atoms with Crippen LogP contribution in [0.25, 0.3) is 16.9 Å². The second kappa shape index (κ2) is 11.5. The summed E-state index contributed by atoms with van der Waals surface area (Å²) in [5, 5.41) is 45.4. The molecule has 1 fully saturated rings. The normalized spacial score (nSPS) is 23.0. The Bertz CT molecular complexity index is 1380. The van der Waals surface area contributed by atoms with Crippen molar-refractivity contribution in [2.24, 2.45) is 0 Å². The van der Waals surface area contributed by atoms with E-state index >= 15 is 0 Å². The van der Waals surface area contributed by atoms with E-state index in [9.17, 15) is 24.8 Å². The van der Waals surface area contributed by atoms with Crippen LogP contribution in [0.1, 0.15) is 11.1 Å². The molecule has 39 heavy (non-hydrogen) atoms. The number of hydrogen-bond donors (Lipinski definition) is 4. The molecule has 0 radical (unpaired) electrons. The number of benzene rings is 3. The molecule has 204 valence electrons. The number of hydrogen-bond acceptors (Lipinski definition) is 8. The van der Waals surface area contributed by atoms with Crippen LogP contribution in [0.15, 0.2) is 78.9 Å². The number of rotatable bonds is 8. The maximum atomic E-state index is 13.8. The SMILES string of the molecule is COc1ccc(Cc2c(O[C@@H]3O[C@H](CO)[C@@H](O)[C@H](O)[C@H]3O)nn(-c3ccc(F)cc3)c2-c2ccccc2)cc1. The first-order valence-electron chi connectivity index (χ1n) is 12.4. The standard InChI is InChI=1S/C29H29FN2O7/c1-37-21-13-7-17(8-14-21)15-22-24(18-5-3-2-4-6-18)32(20-11-9-19(30)10-12-20)31-28(22)39-29-27(36)26(35)25(34)23(16-33)38-29/h2-14,23,25-27,29,33-36H,15-16H2,1H3/t23-,25-,26+,27-,29+/m1/s1. The van der Waals surface area contributed by atoms with Gasteiger partial charge in [-0.15, -0.1) is 5.10 Å². The van der Waals surface area contributed by atoms with Crippen molar-refractivity contribution >= 4 is 0 Å². The van der Waals surface area contributed by atoms with E-state index in [-0.39, 0.29) is 5.88 Å². The Labute approximate surface area is 224 Å². The molecule has 2 heterocycles. The predicted molar refractivity (Wildman–Crippen MR) is 139 cm³/mol. The number of methoxy groups -OCH3 is 1. The molecule has 1 aromatic heterocycles. The topological polar surface area (TPSA) is 126 Å². The lowest BCUT2D eigenvalue weighted by Gasteiger charge is -2.39. The van der Waals surface area contributed by atoms with Crippen LogP contribution >= 0.6 is 0 Å². The van der Waals surface area contributed by atoms with E-state index in [4.69, 9.17) is 14.2 Å². The molecular formula is C29H29FN2O7. The average Bonchev–Trinajstić information content (AvgIpc) is 3.31. The fourth-order valence-corrected chi connectivity index (χ4v) is 4.57. The van der Waals surface area contributed by atoms with Gasteiger partial charge in [-0.05, 0) is 42.0 Å². The van der Waals surface area contributed by atoms with E-state index in [0.717, 1.165) is 11.1 Å². The van der Waals surface area contributed by atoms with Crippen LogP contribution in [0, 0.1) is 5.82 Å². The molecule has 0 spiro atoms. The fourth-order valence-electron chi connectivity index (χ4n) is 4.57. The molecule has 4 N–H and O–H groups in total. The molecule has 5 rings (SSSR count). The molecule has 0 aliphatic carbocycles. The van der Waals surface area contributed by atoms with Gasteiger partial charge in [0.25, 0.3) is 0 Å². The van der Waals surface area contributed by atoms with Crippen molar-refractivity contribution < 1.29 is 39.0 Å². The van der Waals surface area contributed by atoms with Crippen LogP contribution in [0.2, 0.25) is 0 Å². The minimum atomic E-state index is -1.62. The minimum Gasteiger partial charge on any atom is -0.497 e. The zero-order chi connectivity index (χ0) is 27.5. The molecule has 9 nitrogen and oxygen atoms in total. The summed E-state index contributed by atoms with van der Waals surface area (Å²) in [6.45, 7) is -0.594. The van der Waals surface area contributed by atoms with Crippen LogP contribution in [0.5, 0.6) is 11.6 Å². The van der Waals surface area contributed by atoms with Crippen LogP contribution in [-0.4, -0.2) is 74.6 Å². The van der Waals surface area contributed by atoms with Crippen LogP contribution < -0.4 is 9.47 Å². The lowest BCUT2D eigenvalue weighted by atomic mass is 9.99. The first-order chi connectivity index (χ1) is 18.9. The number of aliphatic hydroxyl groups excluding tert-OH is 4. The van der Waals surface area contributed by atoms with Crippen LogP contribution in [-0.2, 0) is 11.2 Å². The van der Waals surface area contributed by atoms with Gasteiger partial charge in [0, 0.05) is 17.5 Å². The summed E-state index contributed by atoms with van der Waals surface area (Å²) in [6, 6.07) is 22.8. The average molecular weight is 537 g/mol. The zero-order valence-electron chi connectivity index (χ0n) is 21.1. The van der Waals surface area contributed by atoms with E-state index in [2.05, 4.69) is 5.10 Å². The van der Waals surface area contributed by atoms with E-state index in [0.29, 0.717) is 29.1 Å². The second-order valence-corrected chi connectivity index (χ2v) is 9.23. The van der Waals surface area contributed by atoms with E-state index in [1.54, 1.807) is 23.9 Å². The van der Waals surface area contributed by atoms with Gasteiger partial charge in [0.15, 0.2) is 0 Å². The monoisotopic (exact) mass is 536 g/mol. The summed E-state index contributed by atoms with van der Waals surface area (Å²) in [4.78, 5) is 0. The first-order valence-corrected chi connectivity index (χ1v) is 12.4. The van der Waals surface area contributed by atoms with Gasteiger partial charge in [0.1, 0.15) is 36.0 Å². The Balaban J connectivity index is 1.64. The largest absolute Gasteiger partial charge is 0.497 e. The van der Waals surface area contributed by atoms with Crippen molar-refractivity contribution in [3.05, 3.63) is 95.8 Å². The van der Waals surface area contributed by atoms with Gasteiger partial charge in [-0.3, -0.25) is 0 Å². The number of halogens is 1. The molecule has 1 saturated heterocycles. The summed E-state index contributed by atoms with van der Waals surface area (Å²) in [5.74, 6) is 0.392. The van der Waals surface area contributed by atoms with Gasteiger partial charge >= 0.3 is 0 Å². The van der Waals surface area contributed by atoms with Crippen molar-refractivity contribution in [1.82, 2.24) is 9.78 Å². The Morgan fingerprint density at radius 3 is 2.23 bits per heavy atom. The Morgan fingerprint density at radius 1 is 0.897 bits per heavy atom. The summed E-state index contributed by atoms with van der Waals surface area (Å²) in [6.07, 6.45) is -6.99. The number of aliphatic hydroxyl groups is 4. The lowest BCUT2D eigenvalue weighted by Crippen LogP contribution is -2.60. The molecule has 3 aromatic carbocycles. The summed E-state index contributed by atoms with van der Waals surface area (Å²) in [5.41, 5.74) is 3.58. The molecule has 5 atom stereocenters. The molecule has 4 aromatic rings. The summed E-state index contributed by atoms with van der Waals surface area (Å²) >= 11 is 0. The highest BCUT2D eigenvalue weighted by Gasteiger charge is 2.45. The Hall–Kier alpha value is -3.80. The third-order valence-electron chi connectivity index (χ3n) is 6.68. The quantitative estimate of drug-likeness (QED) is 0.271. The molecule has 10 heteroatoms. The smallest absolute Gasteiger partial charge is 0.239 e. The third kappa shape index (κ3) is 5.51. The van der Waals surface area contributed by atoms with Gasteiger partial charge in [0.05, 0.1) is 25.1 Å². The lowest BCUT2D eigenvalue weighted by molar-refractivity contribution is -0.278. The van der Waals surface area contributed by atoms with Crippen LogP contribution in [0.4, 0.5) is 4.39 Å². The fraction of sp³-hybridized carbons (Fsp3) is 0.276. The van der Waals surface area contributed by atoms with Gasteiger partial charge in [-0.25, -0.2) is 9.07 Å². The Kier molecular flexibility index (Phi) is 7.92. The van der Waals surface area contributed by atoms with Crippen molar-refractivity contribution in [2.45, 2.75) is 37.1 Å². The molecular weight excluding hydrogens is 507 g/mol. The second-order valence-electron chi connectivity index (χ2n) is 9.23. The maximum Gasteiger partial charge on any atom is 0.239 e. The third-order valence-corrected chi connectivity index (χ3v) is 6.68. The zero-order valence-corrected chi connectivity index (χ0v) is 21.1. The predicted octanol–water partition coefficient (Wildman–Crippen LogP) is 2.46. The van der Waals surface area contributed by atoms with Gasteiger partial charge in [0.2, 0.25) is 12.2 Å². The van der Waals surface area contributed by atoms with Crippen molar-refractivity contribution in [1.29, 1.82) is 0 Å². The summed E-state index contributed by atoms with van der Waals surface area (Å²) < 4.78 is 32.3. The summed E-state index contributed by atoms with van der Waals surface area (Å²) in [7, 11) is 1.58. The number of ether oxygens (including phenoxy) is 3. The molecule has 1 aliphatic heterocycles. The highest BCUT2D eigenvalue weighted by atomic mass is 19.1. The van der Waals surface area contributed by atoms with E-state index < -0.39 is 43.1 Å². The highest BCUT2D eigenvalue weighted by molar-refractivity contribution is 5.69. The molecule has 0 amide bonds. The molecule has 0 bridgehead atoms. The first kappa shape index (κ1) is 26.8. The van der Waals surface area contributed by atoms with Crippen LogP contribution in [0.3, 0.4) is 0 Å². The van der Waals surface area contributed by atoms with Gasteiger partial charge in [-0.1, -0.05) is 42.5 Å². The Morgan fingerprint density at radius 2 is 1.59 bits per heavy atom. The number of aromatic nitrogens is 2. The van der Waals surface area contributed by atoms with E-state index in [1.165, 1.54) is 12.1 Å². The minimum absolute atomic E-state index is 0.0957. The van der Waals surface area contributed by atoms with Crippen molar-refractivity contribution in [2.75, 3.05) is 13.7 Å². The maximum absolute atomic E-state index is 13.8. The van der Waals surface area contributed by atoms with Crippen molar-refractivity contribution in [3.63, 3.8) is 0 Å². The molecule has 1 aliphatic rings.